The number of carbonyl (C=O) groups is 1. The highest BCUT2D eigenvalue weighted by molar-refractivity contribution is 5.97. The molecule has 100 valence electrons. The number of fused-ring (bicyclic) bond motifs is 1. The third-order valence-electron chi connectivity index (χ3n) is 3.26. The van der Waals surface area contributed by atoms with E-state index in [1.54, 1.807) is 12.1 Å². The fraction of sp³-hybridized carbons (Fsp3) is 0.0625. The lowest BCUT2D eigenvalue weighted by molar-refractivity contribution is -0.115. The maximum atomic E-state index is 12.1. The zero-order valence-corrected chi connectivity index (χ0v) is 10.9. The number of nitrogens with two attached hydrogens (primary N) is 1. The van der Waals surface area contributed by atoms with E-state index in [2.05, 4.69) is 10.3 Å². The Morgan fingerprint density at radius 3 is 2.70 bits per heavy atom. The minimum absolute atomic E-state index is 0.0762. The number of anilines is 2. The van der Waals surface area contributed by atoms with Crippen molar-refractivity contribution in [3.63, 3.8) is 0 Å². The van der Waals surface area contributed by atoms with E-state index >= 15 is 0 Å². The largest absolute Gasteiger partial charge is 0.397 e. The summed E-state index contributed by atoms with van der Waals surface area (Å²) in [7, 11) is 0. The number of benzene rings is 2. The van der Waals surface area contributed by atoms with Crippen molar-refractivity contribution in [2.24, 2.45) is 0 Å². The second kappa shape index (κ2) is 5.09. The molecule has 1 aromatic heterocycles. The Hall–Kier alpha value is -2.75. The maximum absolute atomic E-state index is 12.1. The lowest BCUT2D eigenvalue weighted by Crippen LogP contribution is -2.15. The highest BCUT2D eigenvalue weighted by atomic mass is 16.1. The Morgan fingerprint density at radius 2 is 1.85 bits per heavy atom. The normalized spacial score (nSPS) is 10.6. The van der Waals surface area contributed by atoms with Gasteiger partial charge in [0.25, 0.3) is 0 Å². The van der Waals surface area contributed by atoms with Gasteiger partial charge in [0.1, 0.15) is 0 Å². The van der Waals surface area contributed by atoms with Crippen LogP contribution in [0.1, 0.15) is 5.56 Å². The maximum Gasteiger partial charge on any atom is 0.228 e. The van der Waals surface area contributed by atoms with Crippen molar-refractivity contribution < 1.29 is 4.79 Å². The smallest absolute Gasteiger partial charge is 0.228 e. The minimum Gasteiger partial charge on any atom is -0.397 e. The number of hydrogen-bond acceptors (Lipinski definition) is 2. The topological polar surface area (TPSA) is 70.9 Å². The van der Waals surface area contributed by atoms with Gasteiger partial charge >= 0.3 is 0 Å². The van der Waals surface area contributed by atoms with E-state index in [4.69, 9.17) is 5.73 Å². The van der Waals surface area contributed by atoms with Crippen LogP contribution in [0.15, 0.2) is 54.7 Å². The predicted molar refractivity (Wildman–Crippen MR) is 81.5 cm³/mol. The summed E-state index contributed by atoms with van der Waals surface area (Å²) >= 11 is 0. The molecule has 0 atom stereocenters. The van der Waals surface area contributed by atoms with Gasteiger partial charge in [0.2, 0.25) is 5.91 Å². The number of rotatable bonds is 3. The molecule has 0 radical (unpaired) electrons. The molecule has 1 heterocycles. The first-order chi connectivity index (χ1) is 9.74. The molecule has 1 amide bonds. The Morgan fingerprint density at radius 1 is 1.10 bits per heavy atom. The fourth-order valence-corrected chi connectivity index (χ4v) is 2.26. The number of hydrogen-bond donors (Lipinski definition) is 3. The highest BCUT2D eigenvalue weighted by Crippen LogP contribution is 2.20. The van der Waals surface area contributed by atoms with Gasteiger partial charge in [0, 0.05) is 17.1 Å². The second-order valence-electron chi connectivity index (χ2n) is 4.67. The molecule has 4 nitrogen and oxygen atoms in total. The summed E-state index contributed by atoms with van der Waals surface area (Å²) in [4.78, 5) is 15.3. The predicted octanol–water partition coefficient (Wildman–Crippen LogP) is 2.93. The number of aromatic nitrogens is 1. The molecule has 0 fully saturated rings. The Labute approximate surface area is 116 Å². The first-order valence-corrected chi connectivity index (χ1v) is 6.43. The van der Waals surface area contributed by atoms with Gasteiger partial charge in [-0.3, -0.25) is 4.79 Å². The lowest BCUT2D eigenvalue weighted by atomic mass is 10.1. The number of aromatic amines is 1. The third-order valence-corrected chi connectivity index (χ3v) is 3.26. The van der Waals surface area contributed by atoms with Crippen molar-refractivity contribution in [3.05, 3.63) is 60.3 Å². The van der Waals surface area contributed by atoms with Gasteiger partial charge in [0.15, 0.2) is 0 Å². The Kier molecular flexibility index (Phi) is 3.13. The van der Waals surface area contributed by atoms with Crippen LogP contribution in [0, 0.1) is 0 Å². The van der Waals surface area contributed by atoms with Crippen molar-refractivity contribution >= 4 is 28.2 Å². The first kappa shape index (κ1) is 12.3. The molecule has 0 saturated carbocycles. The van der Waals surface area contributed by atoms with Crippen molar-refractivity contribution in [1.82, 2.24) is 4.98 Å². The summed E-state index contributed by atoms with van der Waals surface area (Å²) in [5.74, 6) is -0.0762. The van der Waals surface area contributed by atoms with Crippen LogP contribution in [-0.2, 0) is 11.2 Å². The molecule has 4 heteroatoms. The van der Waals surface area contributed by atoms with Crippen LogP contribution in [0.2, 0.25) is 0 Å². The van der Waals surface area contributed by atoms with Crippen molar-refractivity contribution in [2.75, 3.05) is 11.1 Å². The lowest BCUT2D eigenvalue weighted by Gasteiger charge is -2.07. The van der Waals surface area contributed by atoms with E-state index in [0.717, 1.165) is 16.5 Å². The van der Waals surface area contributed by atoms with E-state index in [1.165, 1.54) is 0 Å². The zero-order valence-electron chi connectivity index (χ0n) is 10.9. The molecule has 0 saturated heterocycles. The van der Waals surface area contributed by atoms with Crippen LogP contribution in [0.5, 0.6) is 0 Å². The third kappa shape index (κ3) is 2.36. The molecule has 3 aromatic rings. The zero-order chi connectivity index (χ0) is 13.9. The van der Waals surface area contributed by atoms with Crippen molar-refractivity contribution in [1.29, 1.82) is 0 Å². The van der Waals surface area contributed by atoms with Crippen LogP contribution >= 0.6 is 0 Å². The van der Waals surface area contributed by atoms with Gasteiger partial charge in [0.05, 0.1) is 17.8 Å². The average Bonchev–Trinajstić information content (AvgIpc) is 2.85. The number of nitrogen functional groups attached to an aromatic ring is 1. The van der Waals surface area contributed by atoms with Crippen LogP contribution in [-0.4, -0.2) is 10.9 Å². The SMILES string of the molecule is Nc1ccccc1NC(=O)Cc1c[nH]c2ccccc12. The summed E-state index contributed by atoms with van der Waals surface area (Å²) in [5, 5.41) is 3.91. The van der Waals surface area contributed by atoms with Gasteiger partial charge in [-0.15, -0.1) is 0 Å². The molecule has 3 rings (SSSR count). The molecule has 20 heavy (non-hydrogen) atoms. The second-order valence-corrected chi connectivity index (χ2v) is 4.67. The molecule has 0 spiro atoms. The summed E-state index contributed by atoms with van der Waals surface area (Å²) in [6, 6.07) is 15.2. The van der Waals surface area contributed by atoms with Gasteiger partial charge in [-0.05, 0) is 23.8 Å². The molecule has 0 aliphatic heterocycles. The summed E-state index contributed by atoms with van der Waals surface area (Å²) in [6.45, 7) is 0. The molecule has 0 aliphatic rings. The summed E-state index contributed by atoms with van der Waals surface area (Å²) in [5.41, 5.74) is 9.05. The number of carbonyl (C=O) groups excluding carboxylic acids is 1. The van der Waals surface area contributed by atoms with Crippen molar-refractivity contribution in [2.45, 2.75) is 6.42 Å². The molecule has 0 aliphatic carbocycles. The highest BCUT2D eigenvalue weighted by Gasteiger charge is 2.09. The van der Waals surface area contributed by atoms with Crippen LogP contribution in [0.25, 0.3) is 10.9 Å². The van der Waals surface area contributed by atoms with Gasteiger partial charge < -0.3 is 16.0 Å². The van der Waals surface area contributed by atoms with Crippen LogP contribution in [0.3, 0.4) is 0 Å². The van der Waals surface area contributed by atoms with E-state index in [1.807, 2.05) is 42.6 Å². The van der Waals surface area contributed by atoms with E-state index in [9.17, 15) is 4.79 Å². The molecular weight excluding hydrogens is 250 g/mol. The number of nitrogens with one attached hydrogen (secondary N) is 2. The molecule has 4 N–H and O–H groups in total. The monoisotopic (exact) mass is 265 g/mol. The average molecular weight is 265 g/mol. The summed E-state index contributed by atoms with van der Waals surface area (Å²) in [6.07, 6.45) is 2.19. The number of para-hydroxylation sites is 3. The Bertz CT molecular complexity index is 761. The quantitative estimate of drug-likeness (QED) is 0.637. The first-order valence-electron chi connectivity index (χ1n) is 6.43. The summed E-state index contributed by atoms with van der Waals surface area (Å²) < 4.78 is 0. The molecule has 0 unspecified atom stereocenters. The molecule has 0 bridgehead atoms. The minimum atomic E-state index is -0.0762. The standard InChI is InChI=1S/C16H15N3O/c17-13-6-2-4-8-15(13)19-16(20)9-11-10-18-14-7-3-1-5-12(11)14/h1-8,10,18H,9,17H2,(H,19,20). The number of H-pyrrole nitrogens is 1. The molecule has 2 aromatic carbocycles. The van der Waals surface area contributed by atoms with E-state index in [-0.39, 0.29) is 5.91 Å². The fourth-order valence-electron chi connectivity index (χ4n) is 2.26. The number of amides is 1. The van der Waals surface area contributed by atoms with E-state index < -0.39 is 0 Å². The molecular formula is C16H15N3O. The van der Waals surface area contributed by atoms with Gasteiger partial charge in [-0.1, -0.05) is 30.3 Å². The van der Waals surface area contributed by atoms with Crippen molar-refractivity contribution in [3.8, 4) is 0 Å². The van der Waals surface area contributed by atoms with Crippen LogP contribution < -0.4 is 11.1 Å². The Balaban J connectivity index is 1.78. The van der Waals surface area contributed by atoms with E-state index in [0.29, 0.717) is 17.8 Å². The van der Waals surface area contributed by atoms with Gasteiger partial charge in [-0.2, -0.15) is 0 Å². The van der Waals surface area contributed by atoms with Gasteiger partial charge in [-0.25, -0.2) is 0 Å². The van der Waals surface area contributed by atoms with Crippen LogP contribution in [0.4, 0.5) is 11.4 Å².